The Morgan fingerprint density at radius 2 is 2.04 bits per heavy atom. The van der Waals surface area contributed by atoms with Crippen molar-refractivity contribution in [3.8, 4) is 17.6 Å². The molecule has 1 N–H and O–H groups in total. The van der Waals surface area contributed by atoms with E-state index in [1.54, 1.807) is 27.5 Å². The number of ether oxygens (including phenoxy) is 3. The van der Waals surface area contributed by atoms with E-state index in [0.29, 0.717) is 29.5 Å². The fraction of sp³-hybridized carbons (Fsp3) is 0.278. The number of pyridine rings is 1. The molecule has 1 aromatic carbocycles. The van der Waals surface area contributed by atoms with Gasteiger partial charge in [0.05, 0.1) is 30.6 Å². The van der Waals surface area contributed by atoms with Gasteiger partial charge in [0.1, 0.15) is 11.6 Å². The molecule has 0 unspecified atom stereocenters. The van der Waals surface area contributed by atoms with Crippen molar-refractivity contribution < 1.29 is 14.2 Å². The smallest absolute Gasteiger partial charge is 0.174 e. The number of hydrogen-bond acceptors (Lipinski definition) is 7. The topological polar surface area (TPSA) is 88.8 Å². The Morgan fingerprint density at radius 3 is 2.65 bits per heavy atom. The lowest BCUT2D eigenvalue weighted by atomic mass is 10.1. The van der Waals surface area contributed by atoms with Crippen LogP contribution in [0.2, 0.25) is 0 Å². The van der Waals surface area contributed by atoms with E-state index < -0.39 is 0 Å². The van der Waals surface area contributed by atoms with Gasteiger partial charge < -0.3 is 14.2 Å². The maximum Gasteiger partial charge on any atom is 0.174 e. The van der Waals surface area contributed by atoms with Crippen LogP contribution in [-0.4, -0.2) is 32.5 Å². The third-order valence-electron chi connectivity index (χ3n) is 3.48. The van der Waals surface area contributed by atoms with Gasteiger partial charge >= 0.3 is 0 Å². The van der Waals surface area contributed by atoms with Gasteiger partial charge in [0.25, 0.3) is 0 Å². The maximum atomic E-state index is 9.43. The summed E-state index contributed by atoms with van der Waals surface area (Å²) in [6.45, 7) is 2.18. The number of nitriles is 1. The van der Waals surface area contributed by atoms with Crippen LogP contribution in [0.1, 0.15) is 22.4 Å². The van der Waals surface area contributed by atoms with E-state index >= 15 is 0 Å². The van der Waals surface area contributed by atoms with Crippen LogP contribution in [0.5, 0.6) is 11.5 Å². The summed E-state index contributed by atoms with van der Waals surface area (Å²) in [7, 11) is 4.76. The molecule has 2 rings (SSSR count). The van der Waals surface area contributed by atoms with Gasteiger partial charge in [-0.05, 0) is 53.3 Å². The lowest BCUT2D eigenvalue weighted by molar-refractivity contribution is 0.184. The maximum absolute atomic E-state index is 9.43. The summed E-state index contributed by atoms with van der Waals surface area (Å²) in [5, 5.41) is 13.6. The molecule has 26 heavy (non-hydrogen) atoms. The zero-order valence-electron chi connectivity index (χ0n) is 15.0. The average molecular weight is 466 g/mol. The first kappa shape index (κ1) is 19.9. The Kier molecular flexibility index (Phi) is 7.17. The molecule has 0 saturated heterocycles. The van der Waals surface area contributed by atoms with Gasteiger partial charge in [-0.15, -0.1) is 0 Å². The summed E-state index contributed by atoms with van der Waals surface area (Å²) >= 11 is 2.17. The average Bonchev–Trinajstić information content (AvgIpc) is 2.61. The number of rotatable bonds is 7. The van der Waals surface area contributed by atoms with Gasteiger partial charge in [0.15, 0.2) is 17.3 Å². The molecule has 0 aliphatic carbocycles. The molecule has 0 amide bonds. The summed E-state index contributed by atoms with van der Waals surface area (Å²) in [6.07, 6.45) is 1.63. The van der Waals surface area contributed by atoms with Crippen molar-refractivity contribution in [2.24, 2.45) is 5.10 Å². The van der Waals surface area contributed by atoms with E-state index in [9.17, 15) is 5.26 Å². The quantitative estimate of drug-likeness (QED) is 0.382. The first-order chi connectivity index (χ1) is 12.5. The van der Waals surface area contributed by atoms with E-state index in [1.165, 1.54) is 0 Å². The van der Waals surface area contributed by atoms with Crippen LogP contribution in [-0.2, 0) is 11.3 Å². The minimum atomic E-state index is 0.332. The van der Waals surface area contributed by atoms with Crippen LogP contribution in [0, 0.1) is 21.8 Å². The van der Waals surface area contributed by atoms with Gasteiger partial charge in [-0.2, -0.15) is 10.4 Å². The van der Waals surface area contributed by atoms with Crippen molar-refractivity contribution >= 4 is 34.6 Å². The third kappa shape index (κ3) is 4.62. The Hall–Kier alpha value is -2.38. The zero-order chi connectivity index (χ0) is 19.1. The molecule has 8 heteroatoms. The van der Waals surface area contributed by atoms with Gasteiger partial charge in [0.2, 0.25) is 0 Å². The lowest BCUT2D eigenvalue weighted by Gasteiger charge is -2.11. The number of hydrazone groups is 1. The Balaban J connectivity index is 2.29. The highest BCUT2D eigenvalue weighted by Crippen LogP contribution is 2.33. The van der Waals surface area contributed by atoms with Crippen molar-refractivity contribution in [3.05, 3.63) is 44.2 Å². The number of halogens is 1. The molecule has 1 aromatic heterocycles. The van der Waals surface area contributed by atoms with Crippen molar-refractivity contribution in [1.82, 2.24) is 4.98 Å². The predicted octanol–water partition coefficient (Wildman–Crippen LogP) is 3.48. The molecule has 0 aliphatic rings. The normalized spacial score (nSPS) is 10.6. The summed E-state index contributed by atoms with van der Waals surface area (Å²) in [5.74, 6) is 1.69. The SMILES string of the molecule is COCc1cc(C)nc(N/N=C\c2cc(I)c(OC)c(OC)c2)c1C#N. The molecular formula is C18H19IN4O3. The fourth-order valence-corrected chi connectivity index (χ4v) is 3.24. The number of anilines is 1. The van der Waals surface area contributed by atoms with E-state index in [2.05, 4.69) is 44.2 Å². The molecular weight excluding hydrogens is 447 g/mol. The first-order valence-electron chi connectivity index (χ1n) is 7.64. The van der Waals surface area contributed by atoms with Crippen molar-refractivity contribution in [2.45, 2.75) is 13.5 Å². The van der Waals surface area contributed by atoms with Crippen LogP contribution < -0.4 is 14.9 Å². The zero-order valence-corrected chi connectivity index (χ0v) is 17.1. The Labute approximate surface area is 166 Å². The highest BCUT2D eigenvalue weighted by molar-refractivity contribution is 14.1. The summed E-state index contributed by atoms with van der Waals surface area (Å²) in [6, 6.07) is 7.71. The number of hydrogen-bond donors (Lipinski definition) is 1. The van der Waals surface area contributed by atoms with Gasteiger partial charge in [-0.1, -0.05) is 0 Å². The second-order valence-electron chi connectivity index (χ2n) is 5.30. The summed E-state index contributed by atoms with van der Waals surface area (Å²) < 4.78 is 16.7. The summed E-state index contributed by atoms with van der Waals surface area (Å²) in [5.41, 5.74) is 5.62. The molecule has 0 bridgehead atoms. The Bertz CT molecular complexity index is 862. The molecule has 0 aliphatic heterocycles. The van der Waals surface area contributed by atoms with E-state index in [1.807, 2.05) is 25.1 Å². The minimum absolute atomic E-state index is 0.332. The molecule has 0 saturated carbocycles. The standard InChI is InChI=1S/C18H19IN4O3/c1-11-5-13(10-24-2)14(8-20)18(22-11)23-21-9-12-6-15(19)17(26-4)16(7-12)25-3/h5-7,9H,10H2,1-4H3,(H,22,23)/b21-9-. The lowest BCUT2D eigenvalue weighted by Crippen LogP contribution is -2.03. The minimum Gasteiger partial charge on any atom is -0.493 e. The number of nitrogens with zero attached hydrogens (tertiary/aromatic N) is 3. The van der Waals surface area contributed by atoms with E-state index in [0.717, 1.165) is 20.4 Å². The molecule has 0 atom stereocenters. The van der Waals surface area contributed by atoms with Gasteiger partial charge in [-0.3, -0.25) is 5.43 Å². The number of nitrogens with one attached hydrogen (secondary N) is 1. The highest BCUT2D eigenvalue weighted by Gasteiger charge is 2.12. The largest absolute Gasteiger partial charge is 0.493 e. The van der Waals surface area contributed by atoms with Crippen LogP contribution >= 0.6 is 22.6 Å². The van der Waals surface area contributed by atoms with Gasteiger partial charge in [-0.25, -0.2) is 4.98 Å². The molecule has 0 spiro atoms. The number of aryl methyl sites for hydroxylation is 1. The van der Waals surface area contributed by atoms with Crippen LogP contribution in [0.4, 0.5) is 5.82 Å². The molecule has 0 fully saturated rings. The molecule has 1 heterocycles. The predicted molar refractivity (Wildman–Crippen MR) is 108 cm³/mol. The molecule has 136 valence electrons. The highest BCUT2D eigenvalue weighted by atomic mass is 127. The molecule has 0 radical (unpaired) electrons. The number of aromatic nitrogens is 1. The third-order valence-corrected chi connectivity index (χ3v) is 4.28. The fourth-order valence-electron chi connectivity index (χ4n) is 2.40. The first-order valence-corrected chi connectivity index (χ1v) is 8.72. The molecule has 7 nitrogen and oxygen atoms in total. The second-order valence-corrected chi connectivity index (χ2v) is 6.46. The number of benzene rings is 1. The number of methoxy groups -OCH3 is 3. The van der Waals surface area contributed by atoms with Crippen molar-refractivity contribution in [3.63, 3.8) is 0 Å². The van der Waals surface area contributed by atoms with E-state index in [4.69, 9.17) is 14.2 Å². The summed E-state index contributed by atoms with van der Waals surface area (Å²) in [4.78, 5) is 4.35. The van der Waals surface area contributed by atoms with Crippen molar-refractivity contribution in [1.29, 1.82) is 5.26 Å². The second kappa shape index (κ2) is 9.35. The molecule has 2 aromatic rings. The van der Waals surface area contributed by atoms with Crippen LogP contribution in [0.25, 0.3) is 0 Å². The Morgan fingerprint density at radius 1 is 1.27 bits per heavy atom. The van der Waals surface area contributed by atoms with Gasteiger partial charge in [0, 0.05) is 18.4 Å². The van der Waals surface area contributed by atoms with Crippen molar-refractivity contribution in [2.75, 3.05) is 26.8 Å². The van der Waals surface area contributed by atoms with Crippen LogP contribution in [0.3, 0.4) is 0 Å². The van der Waals surface area contributed by atoms with Crippen LogP contribution in [0.15, 0.2) is 23.3 Å². The van der Waals surface area contributed by atoms with E-state index in [-0.39, 0.29) is 0 Å². The monoisotopic (exact) mass is 466 g/mol.